The highest BCUT2D eigenvalue weighted by Crippen LogP contribution is 2.19. The average Bonchev–Trinajstić information content (AvgIpc) is 2.64. The van der Waals surface area contributed by atoms with Crippen LogP contribution < -0.4 is 5.32 Å². The van der Waals surface area contributed by atoms with Crippen molar-refractivity contribution in [3.63, 3.8) is 0 Å². The van der Waals surface area contributed by atoms with Crippen molar-refractivity contribution in [2.75, 3.05) is 12.4 Å². The molecular formula is C21H20F2N2O. The first-order chi connectivity index (χ1) is 12.4. The number of rotatable bonds is 5. The summed E-state index contributed by atoms with van der Waals surface area (Å²) in [6.45, 7) is 2.11. The van der Waals surface area contributed by atoms with E-state index in [-0.39, 0.29) is 5.91 Å². The van der Waals surface area contributed by atoms with Gasteiger partial charge >= 0.3 is 0 Å². The van der Waals surface area contributed by atoms with Gasteiger partial charge in [-0.15, -0.1) is 0 Å². The zero-order valence-corrected chi connectivity index (χ0v) is 14.7. The molecule has 3 nitrogen and oxygen atoms in total. The van der Waals surface area contributed by atoms with E-state index < -0.39 is 17.7 Å². The van der Waals surface area contributed by atoms with Crippen LogP contribution in [-0.2, 0) is 11.3 Å². The van der Waals surface area contributed by atoms with Crippen molar-refractivity contribution in [3.05, 3.63) is 77.9 Å². The molecule has 1 amide bonds. The summed E-state index contributed by atoms with van der Waals surface area (Å²) in [6.07, 6.45) is 0. The molecule has 0 saturated carbocycles. The molecule has 3 rings (SSSR count). The number of anilines is 1. The molecule has 5 heteroatoms. The second-order valence-corrected chi connectivity index (χ2v) is 6.39. The van der Waals surface area contributed by atoms with Crippen molar-refractivity contribution in [1.82, 2.24) is 4.90 Å². The lowest BCUT2D eigenvalue weighted by molar-refractivity contribution is -0.120. The minimum atomic E-state index is -0.885. The van der Waals surface area contributed by atoms with Crippen LogP contribution in [0.3, 0.4) is 0 Å². The largest absolute Gasteiger partial charge is 0.325 e. The summed E-state index contributed by atoms with van der Waals surface area (Å²) in [4.78, 5) is 14.3. The van der Waals surface area contributed by atoms with Gasteiger partial charge in [0.05, 0.1) is 6.04 Å². The van der Waals surface area contributed by atoms with Crippen LogP contribution in [0.5, 0.6) is 0 Å². The van der Waals surface area contributed by atoms with Crippen LogP contribution in [0.2, 0.25) is 0 Å². The molecule has 0 heterocycles. The topological polar surface area (TPSA) is 32.3 Å². The Hall–Kier alpha value is -2.79. The first kappa shape index (κ1) is 18.0. The molecule has 3 aromatic carbocycles. The lowest BCUT2D eigenvalue weighted by atomic mass is 10.1. The fourth-order valence-electron chi connectivity index (χ4n) is 2.78. The highest BCUT2D eigenvalue weighted by molar-refractivity contribution is 5.97. The predicted octanol–water partition coefficient (Wildman–Crippen LogP) is 4.58. The van der Waals surface area contributed by atoms with Crippen molar-refractivity contribution >= 4 is 22.4 Å². The second kappa shape index (κ2) is 7.62. The number of nitrogens with one attached hydrogen (secondary N) is 1. The fraction of sp³-hybridized carbons (Fsp3) is 0.190. The summed E-state index contributed by atoms with van der Waals surface area (Å²) in [6, 6.07) is 17.0. The quantitative estimate of drug-likeness (QED) is 0.727. The molecule has 1 unspecified atom stereocenters. The number of nitrogens with zero attached hydrogens (tertiary/aromatic N) is 1. The molecule has 134 valence electrons. The van der Waals surface area contributed by atoms with E-state index in [1.807, 2.05) is 42.5 Å². The van der Waals surface area contributed by atoms with Gasteiger partial charge in [-0.1, -0.05) is 36.4 Å². The minimum absolute atomic E-state index is 0.162. The molecule has 26 heavy (non-hydrogen) atoms. The molecule has 0 saturated heterocycles. The van der Waals surface area contributed by atoms with Crippen molar-refractivity contribution in [3.8, 4) is 0 Å². The zero-order valence-electron chi connectivity index (χ0n) is 14.7. The lowest BCUT2D eigenvalue weighted by Crippen LogP contribution is -2.39. The Morgan fingerprint density at radius 3 is 2.46 bits per heavy atom. The second-order valence-electron chi connectivity index (χ2n) is 6.39. The Balaban J connectivity index is 1.66. The van der Waals surface area contributed by atoms with Gasteiger partial charge in [-0.05, 0) is 54.6 Å². The maximum atomic E-state index is 13.3. The van der Waals surface area contributed by atoms with E-state index >= 15 is 0 Å². The number of hydrogen-bond donors (Lipinski definition) is 1. The van der Waals surface area contributed by atoms with Crippen LogP contribution in [0.4, 0.5) is 14.5 Å². The Labute approximate surface area is 151 Å². The van der Waals surface area contributed by atoms with Gasteiger partial charge in [0.2, 0.25) is 5.91 Å². The van der Waals surface area contributed by atoms with Crippen molar-refractivity contribution in [1.29, 1.82) is 0 Å². The maximum Gasteiger partial charge on any atom is 0.241 e. The first-order valence-corrected chi connectivity index (χ1v) is 8.38. The number of likely N-dealkylation sites (N-methyl/N-ethyl adjacent to an activating group) is 1. The van der Waals surface area contributed by atoms with Gasteiger partial charge in [-0.25, -0.2) is 8.78 Å². The van der Waals surface area contributed by atoms with Crippen molar-refractivity contribution in [2.45, 2.75) is 19.5 Å². The van der Waals surface area contributed by atoms with Gasteiger partial charge in [-0.2, -0.15) is 0 Å². The molecule has 3 aromatic rings. The summed E-state index contributed by atoms with van der Waals surface area (Å²) in [5.41, 5.74) is 1.33. The summed E-state index contributed by atoms with van der Waals surface area (Å²) >= 11 is 0. The molecule has 1 atom stereocenters. The third-order valence-corrected chi connectivity index (χ3v) is 4.47. The van der Waals surface area contributed by atoms with Crippen LogP contribution in [0, 0.1) is 11.6 Å². The summed E-state index contributed by atoms with van der Waals surface area (Å²) in [5, 5.41) is 5.06. The molecule has 0 radical (unpaired) electrons. The van der Waals surface area contributed by atoms with Crippen LogP contribution in [0.25, 0.3) is 10.8 Å². The predicted molar refractivity (Wildman–Crippen MR) is 99.9 cm³/mol. The molecule has 0 aliphatic rings. The molecule has 0 aromatic heterocycles. The molecule has 0 spiro atoms. The van der Waals surface area contributed by atoms with E-state index in [0.717, 1.165) is 28.6 Å². The fourth-order valence-corrected chi connectivity index (χ4v) is 2.78. The van der Waals surface area contributed by atoms with Gasteiger partial charge in [0.15, 0.2) is 11.6 Å². The molecular weight excluding hydrogens is 334 g/mol. The molecule has 0 bridgehead atoms. The number of carbonyl (C=O) groups excluding carboxylic acids is 1. The summed E-state index contributed by atoms with van der Waals surface area (Å²) in [5.74, 6) is -1.92. The number of carbonyl (C=O) groups is 1. The third-order valence-electron chi connectivity index (χ3n) is 4.47. The number of benzene rings is 3. The van der Waals surface area contributed by atoms with E-state index in [2.05, 4.69) is 5.32 Å². The smallest absolute Gasteiger partial charge is 0.241 e. The van der Waals surface area contributed by atoms with Crippen LogP contribution in [0.1, 0.15) is 12.5 Å². The Morgan fingerprint density at radius 2 is 1.73 bits per heavy atom. The van der Waals surface area contributed by atoms with Gasteiger partial charge < -0.3 is 5.32 Å². The molecule has 0 aliphatic heterocycles. The number of halogens is 2. The third kappa shape index (κ3) is 4.06. The lowest BCUT2D eigenvalue weighted by Gasteiger charge is -2.24. The molecule has 0 fully saturated rings. The first-order valence-electron chi connectivity index (χ1n) is 8.38. The standard InChI is InChI=1S/C21H20F2N2O/c1-14(25(2)13-15-7-10-19(22)20(23)11-15)21(26)24-18-9-8-16-5-3-4-6-17(16)12-18/h3-12,14H,13H2,1-2H3,(H,24,26). The Bertz CT molecular complexity index is 942. The van der Waals surface area contributed by atoms with E-state index in [1.165, 1.54) is 6.07 Å². The highest BCUT2D eigenvalue weighted by Gasteiger charge is 2.19. The van der Waals surface area contributed by atoms with Gasteiger partial charge in [0, 0.05) is 12.2 Å². The molecule has 1 N–H and O–H groups in total. The number of fused-ring (bicyclic) bond motifs is 1. The number of amides is 1. The summed E-state index contributed by atoms with van der Waals surface area (Å²) in [7, 11) is 1.77. The van der Waals surface area contributed by atoms with Gasteiger partial charge in [-0.3, -0.25) is 9.69 Å². The van der Waals surface area contributed by atoms with Gasteiger partial charge in [0.1, 0.15) is 0 Å². The van der Waals surface area contributed by atoms with E-state index in [9.17, 15) is 13.6 Å². The van der Waals surface area contributed by atoms with E-state index in [1.54, 1.807) is 18.9 Å². The van der Waals surface area contributed by atoms with Crippen molar-refractivity contribution in [2.24, 2.45) is 0 Å². The van der Waals surface area contributed by atoms with E-state index in [0.29, 0.717) is 12.1 Å². The van der Waals surface area contributed by atoms with E-state index in [4.69, 9.17) is 0 Å². The number of hydrogen-bond acceptors (Lipinski definition) is 2. The van der Waals surface area contributed by atoms with Crippen LogP contribution in [-0.4, -0.2) is 23.9 Å². The SMILES string of the molecule is CC(C(=O)Nc1ccc2ccccc2c1)N(C)Cc1ccc(F)c(F)c1. The Kier molecular flexibility index (Phi) is 5.28. The van der Waals surface area contributed by atoms with Gasteiger partial charge in [0.25, 0.3) is 0 Å². The normalized spacial score (nSPS) is 12.3. The van der Waals surface area contributed by atoms with Crippen LogP contribution >= 0.6 is 0 Å². The minimum Gasteiger partial charge on any atom is -0.325 e. The zero-order chi connectivity index (χ0) is 18.7. The highest BCUT2D eigenvalue weighted by atomic mass is 19.2. The maximum absolute atomic E-state index is 13.3. The Morgan fingerprint density at radius 1 is 1.00 bits per heavy atom. The molecule has 0 aliphatic carbocycles. The monoisotopic (exact) mass is 354 g/mol. The van der Waals surface area contributed by atoms with Crippen LogP contribution in [0.15, 0.2) is 60.7 Å². The average molecular weight is 354 g/mol. The van der Waals surface area contributed by atoms with Crippen molar-refractivity contribution < 1.29 is 13.6 Å². The summed E-state index contributed by atoms with van der Waals surface area (Å²) < 4.78 is 26.4.